The highest BCUT2D eigenvalue weighted by atomic mass is 16.7. The molecule has 6 heteroatoms. The van der Waals surface area contributed by atoms with Crippen molar-refractivity contribution >= 4 is 11.9 Å². The molecule has 0 saturated carbocycles. The van der Waals surface area contributed by atoms with Crippen molar-refractivity contribution in [3.63, 3.8) is 0 Å². The van der Waals surface area contributed by atoms with Crippen LogP contribution in [0.4, 0.5) is 0 Å². The molecule has 0 bridgehead atoms. The normalized spacial score (nSPS) is 22.1. The summed E-state index contributed by atoms with van der Waals surface area (Å²) in [6, 6.07) is 0. The van der Waals surface area contributed by atoms with Gasteiger partial charge < -0.3 is 18.9 Å². The van der Waals surface area contributed by atoms with Gasteiger partial charge in [-0.15, -0.1) is 0 Å². The summed E-state index contributed by atoms with van der Waals surface area (Å²) in [7, 11) is 2.53. The Morgan fingerprint density at radius 2 is 2.13 bits per heavy atom. The van der Waals surface area contributed by atoms with E-state index in [1.807, 2.05) is 0 Å². The molecule has 1 aliphatic rings. The fourth-order valence-electron chi connectivity index (χ4n) is 1.36. The minimum absolute atomic E-state index is 0.0583. The standard InChI is InChI=1S/C9H14O6/c1-12-8(10)3-6(9(11)13-2)7-4-14-5-15-7/h6-7H,3-5H2,1-2H3/t6-,7-/m1/s1. The molecule has 0 spiro atoms. The molecule has 0 N–H and O–H groups in total. The highest BCUT2D eigenvalue weighted by molar-refractivity contribution is 5.80. The van der Waals surface area contributed by atoms with Crippen LogP contribution in [0.1, 0.15) is 6.42 Å². The summed E-state index contributed by atoms with van der Waals surface area (Å²) in [6.07, 6.45) is -0.492. The highest BCUT2D eigenvalue weighted by Gasteiger charge is 2.35. The first-order valence-corrected chi connectivity index (χ1v) is 4.53. The van der Waals surface area contributed by atoms with Gasteiger partial charge in [-0.25, -0.2) is 0 Å². The van der Waals surface area contributed by atoms with E-state index in [0.29, 0.717) is 0 Å². The Bertz CT molecular complexity index is 233. The van der Waals surface area contributed by atoms with Crippen molar-refractivity contribution < 1.29 is 28.5 Å². The van der Waals surface area contributed by atoms with Crippen molar-refractivity contribution in [2.24, 2.45) is 5.92 Å². The molecular formula is C9H14O6. The summed E-state index contributed by atoms with van der Waals surface area (Å²) >= 11 is 0. The van der Waals surface area contributed by atoms with E-state index in [0.717, 1.165) is 0 Å². The minimum atomic E-state index is -0.662. The SMILES string of the molecule is COC(=O)C[C@@H](C(=O)OC)[C@H]1COCO1. The van der Waals surface area contributed by atoms with Gasteiger partial charge in [0.1, 0.15) is 6.79 Å². The van der Waals surface area contributed by atoms with Crippen LogP contribution < -0.4 is 0 Å². The second kappa shape index (κ2) is 5.67. The minimum Gasteiger partial charge on any atom is -0.469 e. The average molecular weight is 218 g/mol. The number of carbonyl (C=O) groups is 2. The number of esters is 2. The van der Waals surface area contributed by atoms with E-state index >= 15 is 0 Å². The Morgan fingerprint density at radius 1 is 1.40 bits per heavy atom. The summed E-state index contributed by atoms with van der Waals surface area (Å²) in [5.41, 5.74) is 0. The van der Waals surface area contributed by atoms with E-state index in [2.05, 4.69) is 9.47 Å². The Hall–Kier alpha value is -1.14. The second-order valence-corrected chi connectivity index (χ2v) is 3.10. The van der Waals surface area contributed by atoms with Crippen molar-refractivity contribution in [1.82, 2.24) is 0 Å². The molecule has 2 atom stereocenters. The van der Waals surface area contributed by atoms with E-state index in [9.17, 15) is 9.59 Å². The van der Waals surface area contributed by atoms with Crippen molar-refractivity contribution in [2.45, 2.75) is 12.5 Å². The second-order valence-electron chi connectivity index (χ2n) is 3.10. The molecule has 0 aromatic carbocycles. The van der Waals surface area contributed by atoms with Gasteiger partial charge in [0.25, 0.3) is 0 Å². The van der Waals surface area contributed by atoms with Crippen LogP contribution in [-0.4, -0.2) is 45.7 Å². The third kappa shape index (κ3) is 3.17. The first-order chi connectivity index (χ1) is 7.19. The predicted octanol–water partition coefficient (Wildman–Crippen LogP) is -0.288. The van der Waals surface area contributed by atoms with Gasteiger partial charge in [0.05, 0.1) is 39.3 Å². The lowest BCUT2D eigenvalue weighted by Gasteiger charge is -2.17. The summed E-state index contributed by atoms with van der Waals surface area (Å²) in [6.45, 7) is 0.427. The Labute approximate surface area is 87.4 Å². The molecule has 1 heterocycles. The molecule has 0 aromatic rings. The number of ether oxygens (including phenoxy) is 4. The third-order valence-electron chi connectivity index (χ3n) is 2.21. The first kappa shape index (κ1) is 11.9. The molecule has 1 saturated heterocycles. The van der Waals surface area contributed by atoms with Gasteiger partial charge in [-0.1, -0.05) is 0 Å². The lowest BCUT2D eigenvalue weighted by Crippen LogP contribution is -2.33. The Morgan fingerprint density at radius 3 is 2.60 bits per heavy atom. The van der Waals surface area contributed by atoms with E-state index in [1.165, 1.54) is 14.2 Å². The van der Waals surface area contributed by atoms with Crippen LogP contribution in [0.25, 0.3) is 0 Å². The van der Waals surface area contributed by atoms with Gasteiger partial charge in [0, 0.05) is 0 Å². The maximum atomic E-state index is 11.4. The fourth-order valence-corrected chi connectivity index (χ4v) is 1.36. The number of hydrogen-bond acceptors (Lipinski definition) is 6. The molecule has 0 aliphatic carbocycles. The van der Waals surface area contributed by atoms with E-state index < -0.39 is 24.0 Å². The Balaban J connectivity index is 2.59. The summed E-state index contributed by atoms with van der Waals surface area (Å²) < 4.78 is 19.2. The Kier molecular flexibility index (Phi) is 4.51. The molecule has 15 heavy (non-hydrogen) atoms. The van der Waals surface area contributed by atoms with Gasteiger partial charge in [0.15, 0.2) is 0 Å². The van der Waals surface area contributed by atoms with Gasteiger partial charge in [-0.2, -0.15) is 0 Å². The maximum Gasteiger partial charge on any atom is 0.311 e. The number of methoxy groups -OCH3 is 2. The van der Waals surface area contributed by atoms with Crippen molar-refractivity contribution in [1.29, 1.82) is 0 Å². The zero-order chi connectivity index (χ0) is 11.3. The van der Waals surface area contributed by atoms with Gasteiger partial charge in [-0.05, 0) is 0 Å². The van der Waals surface area contributed by atoms with Crippen LogP contribution in [-0.2, 0) is 28.5 Å². The zero-order valence-corrected chi connectivity index (χ0v) is 8.73. The summed E-state index contributed by atoms with van der Waals surface area (Å²) in [5.74, 6) is -1.62. The lowest BCUT2D eigenvalue weighted by atomic mass is 9.99. The molecule has 1 fully saturated rings. The maximum absolute atomic E-state index is 11.4. The van der Waals surface area contributed by atoms with Crippen molar-refractivity contribution in [3.05, 3.63) is 0 Å². The largest absolute Gasteiger partial charge is 0.469 e. The highest BCUT2D eigenvalue weighted by Crippen LogP contribution is 2.19. The monoisotopic (exact) mass is 218 g/mol. The lowest BCUT2D eigenvalue weighted by molar-refractivity contribution is -0.156. The van der Waals surface area contributed by atoms with Gasteiger partial charge >= 0.3 is 11.9 Å². The number of carbonyl (C=O) groups excluding carboxylic acids is 2. The zero-order valence-electron chi connectivity index (χ0n) is 8.73. The molecule has 0 radical (unpaired) electrons. The smallest absolute Gasteiger partial charge is 0.311 e. The summed E-state index contributed by atoms with van der Waals surface area (Å²) in [4.78, 5) is 22.5. The van der Waals surface area contributed by atoms with Crippen LogP contribution >= 0.6 is 0 Å². The topological polar surface area (TPSA) is 71.1 Å². The van der Waals surface area contributed by atoms with Crippen LogP contribution in [0.5, 0.6) is 0 Å². The molecule has 86 valence electrons. The average Bonchev–Trinajstić information content (AvgIpc) is 2.77. The molecule has 0 aromatic heterocycles. The van der Waals surface area contributed by atoms with Crippen molar-refractivity contribution in [2.75, 3.05) is 27.6 Å². The molecule has 1 rings (SSSR count). The van der Waals surface area contributed by atoms with Crippen LogP contribution in [0, 0.1) is 5.92 Å². The molecule has 0 amide bonds. The molecule has 1 aliphatic heterocycles. The first-order valence-electron chi connectivity index (χ1n) is 4.53. The van der Waals surface area contributed by atoms with Gasteiger partial charge in [-0.3, -0.25) is 9.59 Å². The van der Waals surface area contributed by atoms with Crippen LogP contribution in [0.15, 0.2) is 0 Å². The molecular weight excluding hydrogens is 204 g/mol. The predicted molar refractivity (Wildman–Crippen MR) is 47.8 cm³/mol. The van der Waals surface area contributed by atoms with Crippen LogP contribution in [0.2, 0.25) is 0 Å². The number of rotatable bonds is 4. The quantitative estimate of drug-likeness (QED) is 0.604. The van der Waals surface area contributed by atoms with E-state index in [1.54, 1.807) is 0 Å². The summed E-state index contributed by atoms with van der Waals surface area (Å²) in [5, 5.41) is 0. The van der Waals surface area contributed by atoms with Crippen molar-refractivity contribution in [3.8, 4) is 0 Å². The van der Waals surface area contributed by atoms with Crippen LogP contribution in [0.3, 0.4) is 0 Å². The van der Waals surface area contributed by atoms with Gasteiger partial charge in [0.2, 0.25) is 0 Å². The molecule has 0 unspecified atom stereocenters. The molecule has 6 nitrogen and oxygen atoms in total. The third-order valence-corrected chi connectivity index (χ3v) is 2.21. The van der Waals surface area contributed by atoms with E-state index in [4.69, 9.17) is 9.47 Å². The number of hydrogen-bond donors (Lipinski definition) is 0. The van der Waals surface area contributed by atoms with E-state index in [-0.39, 0.29) is 19.8 Å². The fraction of sp³-hybridized carbons (Fsp3) is 0.778.